The second-order valence-corrected chi connectivity index (χ2v) is 7.33. The lowest BCUT2D eigenvalue weighted by molar-refractivity contribution is -0.117. The third kappa shape index (κ3) is 3.46. The maximum Gasteiger partial charge on any atom is 0.224 e. The van der Waals surface area contributed by atoms with Gasteiger partial charge >= 0.3 is 0 Å². The predicted molar refractivity (Wildman–Crippen MR) is 94.0 cm³/mol. The molecule has 4 rings (SSSR count). The fourth-order valence-electron chi connectivity index (χ4n) is 3.61. The molecule has 1 unspecified atom stereocenters. The molecule has 5 heteroatoms. The highest BCUT2D eigenvalue weighted by Gasteiger charge is 2.29. The summed E-state index contributed by atoms with van der Waals surface area (Å²) in [5, 5.41) is 6.39. The SMILES string of the molecule is CC(CC(=O)Nc1ccc2nc(C3CC3)oc2c1)C1CCNCC1. The van der Waals surface area contributed by atoms with Gasteiger partial charge in [-0.3, -0.25) is 4.79 Å². The summed E-state index contributed by atoms with van der Waals surface area (Å²) in [5.74, 6) is 2.49. The van der Waals surface area contributed by atoms with E-state index in [1.807, 2.05) is 18.2 Å². The molecule has 2 aliphatic rings. The summed E-state index contributed by atoms with van der Waals surface area (Å²) in [6.07, 6.45) is 5.26. The van der Waals surface area contributed by atoms with Gasteiger partial charge in [0.1, 0.15) is 5.52 Å². The summed E-state index contributed by atoms with van der Waals surface area (Å²) >= 11 is 0. The van der Waals surface area contributed by atoms with Crippen LogP contribution in [-0.2, 0) is 4.79 Å². The number of aromatic nitrogens is 1. The molecule has 1 atom stereocenters. The number of oxazole rings is 1. The van der Waals surface area contributed by atoms with Crippen molar-refractivity contribution >= 4 is 22.7 Å². The lowest BCUT2D eigenvalue weighted by atomic mass is 9.84. The second kappa shape index (κ2) is 6.55. The minimum Gasteiger partial charge on any atom is -0.440 e. The molecule has 1 aliphatic carbocycles. The van der Waals surface area contributed by atoms with Gasteiger partial charge in [-0.1, -0.05) is 6.92 Å². The maximum atomic E-state index is 12.4. The van der Waals surface area contributed by atoms with Crippen molar-refractivity contribution in [3.05, 3.63) is 24.1 Å². The van der Waals surface area contributed by atoms with Crippen molar-refractivity contribution in [2.45, 2.75) is 44.9 Å². The lowest BCUT2D eigenvalue weighted by Crippen LogP contribution is -2.32. The van der Waals surface area contributed by atoms with E-state index in [9.17, 15) is 4.79 Å². The number of carbonyl (C=O) groups excluding carboxylic acids is 1. The molecule has 0 radical (unpaired) electrons. The Bertz CT molecular complexity index is 729. The largest absolute Gasteiger partial charge is 0.440 e. The first kappa shape index (κ1) is 15.6. The van der Waals surface area contributed by atoms with Crippen molar-refractivity contribution in [2.75, 3.05) is 18.4 Å². The van der Waals surface area contributed by atoms with E-state index in [0.717, 1.165) is 35.8 Å². The Morgan fingerprint density at radius 1 is 1.33 bits per heavy atom. The number of nitrogens with one attached hydrogen (secondary N) is 2. The van der Waals surface area contributed by atoms with Crippen molar-refractivity contribution in [1.29, 1.82) is 0 Å². The second-order valence-electron chi connectivity index (χ2n) is 7.33. The number of hydrogen-bond acceptors (Lipinski definition) is 4. The number of fused-ring (bicyclic) bond motifs is 1. The standard InChI is InChI=1S/C19H25N3O2/c1-12(13-6-8-20-9-7-13)10-18(23)21-15-4-5-16-17(11-15)24-19(22-16)14-2-3-14/h4-5,11-14,20H,2-3,6-10H2,1H3,(H,21,23). The van der Waals surface area contributed by atoms with Crippen LogP contribution < -0.4 is 10.6 Å². The molecule has 2 fully saturated rings. The number of benzene rings is 1. The molecule has 2 aromatic rings. The number of hydrogen-bond donors (Lipinski definition) is 2. The Morgan fingerprint density at radius 2 is 2.12 bits per heavy atom. The molecule has 1 amide bonds. The number of nitrogens with zero attached hydrogens (tertiary/aromatic N) is 1. The molecule has 2 N–H and O–H groups in total. The Labute approximate surface area is 142 Å². The number of amides is 1. The molecule has 1 aromatic heterocycles. The average molecular weight is 327 g/mol. The first-order valence-electron chi connectivity index (χ1n) is 9.10. The van der Waals surface area contributed by atoms with Crippen molar-refractivity contribution in [2.24, 2.45) is 11.8 Å². The number of anilines is 1. The zero-order valence-electron chi connectivity index (χ0n) is 14.2. The van der Waals surface area contributed by atoms with Gasteiger partial charge in [0.2, 0.25) is 5.91 Å². The van der Waals surface area contributed by atoms with Crippen molar-refractivity contribution in [1.82, 2.24) is 10.3 Å². The van der Waals surface area contributed by atoms with E-state index in [4.69, 9.17) is 4.42 Å². The Kier molecular flexibility index (Phi) is 4.27. The summed E-state index contributed by atoms with van der Waals surface area (Å²) in [7, 11) is 0. The van der Waals surface area contributed by atoms with Gasteiger partial charge in [-0.25, -0.2) is 4.98 Å². The van der Waals surface area contributed by atoms with Gasteiger partial charge < -0.3 is 15.1 Å². The smallest absolute Gasteiger partial charge is 0.224 e. The highest BCUT2D eigenvalue weighted by atomic mass is 16.3. The molecule has 2 heterocycles. The van der Waals surface area contributed by atoms with E-state index in [-0.39, 0.29) is 5.91 Å². The zero-order chi connectivity index (χ0) is 16.5. The van der Waals surface area contributed by atoms with E-state index in [2.05, 4.69) is 22.5 Å². The zero-order valence-corrected chi connectivity index (χ0v) is 14.2. The molecule has 24 heavy (non-hydrogen) atoms. The highest BCUT2D eigenvalue weighted by molar-refractivity contribution is 5.92. The fraction of sp³-hybridized carbons (Fsp3) is 0.579. The molecule has 1 aromatic carbocycles. The summed E-state index contributed by atoms with van der Waals surface area (Å²) in [5.41, 5.74) is 2.43. The summed E-state index contributed by atoms with van der Waals surface area (Å²) in [4.78, 5) is 16.9. The summed E-state index contributed by atoms with van der Waals surface area (Å²) in [6.45, 7) is 4.33. The number of piperidine rings is 1. The molecule has 128 valence electrons. The van der Waals surface area contributed by atoms with Gasteiger partial charge in [-0.15, -0.1) is 0 Å². The lowest BCUT2D eigenvalue weighted by Gasteiger charge is -2.27. The van der Waals surface area contributed by atoms with Crippen LogP contribution in [-0.4, -0.2) is 24.0 Å². The van der Waals surface area contributed by atoms with Crippen LogP contribution in [0.1, 0.15) is 50.8 Å². The first-order chi connectivity index (χ1) is 11.7. The molecular weight excluding hydrogens is 302 g/mol. The molecule has 0 bridgehead atoms. The van der Waals surface area contributed by atoms with Crippen LogP contribution in [0.15, 0.2) is 22.6 Å². The molecule has 5 nitrogen and oxygen atoms in total. The van der Waals surface area contributed by atoms with Crippen molar-refractivity contribution < 1.29 is 9.21 Å². The van der Waals surface area contributed by atoms with Crippen LogP contribution in [0.4, 0.5) is 5.69 Å². The predicted octanol–water partition coefficient (Wildman–Crippen LogP) is 3.67. The van der Waals surface area contributed by atoms with Crippen molar-refractivity contribution in [3.8, 4) is 0 Å². The molecule has 0 spiro atoms. The van der Waals surface area contributed by atoms with Crippen molar-refractivity contribution in [3.63, 3.8) is 0 Å². The van der Waals surface area contributed by atoms with Gasteiger partial charge in [-0.05, 0) is 62.7 Å². The molecule has 1 aliphatic heterocycles. The minimum atomic E-state index is 0.0855. The minimum absolute atomic E-state index is 0.0855. The van der Waals surface area contributed by atoms with Gasteiger partial charge in [-0.2, -0.15) is 0 Å². The highest BCUT2D eigenvalue weighted by Crippen LogP contribution is 2.40. The van der Waals surface area contributed by atoms with Crippen LogP contribution in [0.25, 0.3) is 11.1 Å². The third-order valence-electron chi connectivity index (χ3n) is 5.31. The molecule has 1 saturated carbocycles. The maximum absolute atomic E-state index is 12.4. The Hall–Kier alpha value is -1.88. The fourth-order valence-corrected chi connectivity index (χ4v) is 3.61. The topological polar surface area (TPSA) is 67.2 Å². The van der Waals surface area contributed by atoms with Gasteiger partial charge in [0.05, 0.1) is 0 Å². The summed E-state index contributed by atoms with van der Waals surface area (Å²) < 4.78 is 5.82. The van der Waals surface area contributed by atoms with E-state index in [1.54, 1.807) is 0 Å². The van der Waals surface area contributed by atoms with Crippen LogP contribution in [0.2, 0.25) is 0 Å². The first-order valence-corrected chi connectivity index (χ1v) is 9.10. The quantitative estimate of drug-likeness (QED) is 0.879. The molecular formula is C19H25N3O2. The third-order valence-corrected chi connectivity index (χ3v) is 5.31. The van der Waals surface area contributed by atoms with Crippen LogP contribution >= 0.6 is 0 Å². The van der Waals surface area contributed by atoms with Crippen LogP contribution in [0.5, 0.6) is 0 Å². The van der Waals surface area contributed by atoms with Gasteiger partial charge in [0.25, 0.3) is 0 Å². The Morgan fingerprint density at radius 3 is 2.88 bits per heavy atom. The summed E-state index contributed by atoms with van der Waals surface area (Å²) in [6, 6.07) is 5.73. The average Bonchev–Trinajstić information content (AvgIpc) is 3.35. The van der Waals surface area contributed by atoms with Gasteiger partial charge in [0, 0.05) is 24.1 Å². The Balaban J connectivity index is 1.38. The van der Waals surface area contributed by atoms with E-state index in [1.165, 1.54) is 25.7 Å². The molecule has 1 saturated heterocycles. The monoisotopic (exact) mass is 327 g/mol. The number of carbonyl (C=O) groups is 1. The number of rotatable bonds is 5. The van der Waals surface area contributed by atoms with Crippen LogP contribution in [0, 0.1) is 11.8 Å². The van der Waals surface area contributed by atoms with E-state index in [0.29, 0.717) is 24.2 Å². The van der Waals surface area contributed by atoms with Gasteiger partial charge in [0.15, 0.2) is 11.5 Å². The van der Waals surface area contributed by atoms with E-state index < -0.39 is 0 Å². The normalized spacial score (nSPS) is 20.2. The van der Waals surface area contributed by atoms with E-state index >= 15 is 0 Å². The van der Waals surface area contributed by atoms with Crippen LogP contribution in [0.3, 0.4) is 0 Å².